The standard InChI is InChI=1S/C12H9BrClN5S/c13-7-1-6(2-8(14)3-7)11-17-10(18-19-11)4-9-5-20-12(15)16-9/h1-3,5H,4H2,(H2,15,16)(H,17,18,19). The summed E-state index contributed by atoms with van der Waals surface area (Å²) in [6, 6.07) is 5.55. The minimum Gasteiger partial charge on any atom is -0.375 e. The van der Waals surface area contributed by atoms with Crippen molar-refractivity contribution in [1.29, 1.82) is 0 Å². The fourth-order valence-electron chi connectivity index (χ4n) is 1.76. The van der Waals surface area contributed by atoms with E-state index < -0.39 is 0 Å². The van der Waals surface area contributed by atoms with Crippen LogP contribution in [0.5, 0.6) is 0 Å². The van der Waals surface area contributed by atoms with Crippen LogP contribution in [0.1, 0.15) is 11.5 Å². The van der Waals surface area contributed by atoms with Crippen LogP contribution in [0.3, 0.4) is 0 Å². The molecule has 2 heterocycles. The van der Waals surface area contributed by atoms with E-state index in [1.54, 1.807) is 0 Å². The van der Waals surface area contributed by atoms with Gasteiger partial charge in [0, 0.05) is 20.4 Å². The summed E-state index contributed by atoms with van der Waals surface area (Å²) < 4.78 is 0.888. The molecular formula is C12H9BrClN5S. The molecule has 8 heteroatoms. The van der Waals surface area contributed by atoms with Gasteiger partial charge in [0.25, 0.3) is 0 Å². The van der Waals surface area contributed by atoms with Gasteiger partial charge in [-0.2, -0.15) is 5.10 Å². The number of aromatic amines is 1. The predicted octanol–water partition coefficient (Wildman–Crippen LogP) is 3.52. The Kier molecular flexibility index (Phi) is 3.73. The Morgan fingerprint density at radius 1 is 1.30 bits per heavy atom. The largest absolute Gasteiger partial charge is 0.375 e. The Morgan fingerprint density at radius 2 is 2.15 bits per heavy atom. The molecule has 0 radical (unpaired) electrons. The molecule has 3 rings (SSSR count). The van der Waals surface area contributed by atoms with E-state index in [0.29, 0.717) is 22.4 Å². The molecule has 3 N–H and O–H groups in total. The number of nitrogens with zero attached hydrogens (tertiary/aromatic N) is 3. The molecule has 0 bridgehead atoms. The Labute approximate surface area is 132 Å². The number of nitrogens with two attached hydrogens (primary N) is 1. The van der Waals surface area contributed by atoms with E-state index in [1.165, 1.54) is 11.3 Å². The molecule has 5 nitrogen and oxygen atoms in total. The van der Waals surface area contributed by atoms with Gasteiger partial charge < -0.3 is 5.73 Å². The van der Waals surface area contributed by atoms with E-state index in [1.807, 2.05) is 23.6 Å². The van der Waals surface area contributed by atoms with Crippen LogP contribution >= 0.6 is 38.9 Å². The van der Waals surface area contributed by atoms with Crippen LogP contribution in [-0.2, 0) is 6.42 Å². The molecular weight excluding hydrogens is 362 g/mol. The smallest absolute Gasteiger partial charge is 0.181 e. The number of hydrogen-bond donors (Lipinski definition) is 2. The van der Waals surface area contributed by atoms with Crippen molar-refractivity contribution in [3.8, 4) is 11.4 Å². The van der Waals surface area contributed by atoms with Crippen LogP contribution in [0, 0.1) is 0 Å². The van der Waals surface area contributed by atoms with E-state index in [0.717, 1.165) is 21.6 Å². The summed E-state index contributed by atoms with van der Waals surface area (Å²) in [5.41, 5.74) is 7.33. The number of aromatic nitrogens is 4. The first kappa shape index (κ1) is 13.5. The molecule has 2 aromatic heterocycles. The number of anilines is 1. The minimum atomic E-state index is 0.554. The van der Waals surface area contributed by atoms with Gasteiger partial charge in [-0.25, -0.2) is 9.97 Å². The van der Waals surface area contributed by atoms with E-state index in [2.05, 4.69) is 36.1 Å². The highest BCUT2D eigenvalue weighted by Crippen LogP contribution is 2.25. The molecule has 0 saturated carbocycles. The number of rotatable bonds is 3. The molecule has 0 atom stereocenters. The van der Waals surface area contributed by atoms with Crippen LogP contribution < -0.4 is 5.73 Å². The maximum atomic E-state index is 6.02. The number of thiazole rings is 1. The summed E-state index contributed by atoms with van der Waals surface area (Å²) in [6.45, 7) is 0. The molecule has 0 unspecified atom stereocenters. The maximum absolute atomic E-state index is 6.02. The average molecular weight is 371 g/mol. The molecule has 3 aromatic rings. The van der Waals surface area contributed by atoms with E-state index in [-0.39, 0.29) is 0 Å². The zero-order valence-electron chi connectivity index (χ0n) is 10.1. The zero-order valence-corrected chi connectivity index (χ0v) is 13.3. The van der Waals surface area contributed by atoms with Gasteiger partial charge >= 0.3 is 0 Å². The summed E-state index contributed by atoms with van der Waals surface area (Å²) in [5.74, 6) is 1.34. The lowest BCUT2D eigenvalue weighted by atomic mass is 10.2. The molecule has 0 aliphatic heterocycles. The first-order valence-electron chi connectivity index (χ1n) is 5.68. The first-order valence-corrected chi connectivity index (χ1v) is 7.73. The number of benzene rings is 1. The number of hydrogen-bond acceptors (Lipinski definition) is 5. The number of halogens is 2. The molecule has 0 spiro atoms. The maximum Gasteiger partial charge on any atom is 0.181 e. The second kappa shape index (κ2) is 5.51. The summed E-state index contributed by atoms with van der Waals surface area (Å²) in [4.78, 5) is 8.64. The van der Waals surface area contributed by atoms with Crippen molar-refractivity contribution >= 4 is 44.0 Å². The first-order chi connectivity index (χ1) is 9.60. The SMILES string of the molecule is Nc1nc(Cc2nc(-c3cc(Cl)cc(Br)c3)n[nH]2)cs1. The second-order valence-electron chi connectivity index (χ2n) is 4.12. The third kappa shape index (κ3) is 3.00. The number of nitrogens with one attached hydrogen (secondary N) is 1. The molecule has 1 aromatic carbocycles. The van der Waals surface area contributed by atoms with Crippen molar-refractivity contribution in [3.63, 3.8) is 0 Å². The van der Waals surface area contributed by atoms with Crippen LogP contribution in [0.25, 0.3) is 11.4 Å². The van der Waals surface area contributed by atoms with Crippen LogP contribution in [-0.4, -0.2) is 20.2 Å². The van der Waals surface area contributed by atoms with Gasteiger partial charge in [0.1, 0.15) is 5.82 Å². The molecule has 0 aliphatic rings. The van der Waals surface area contributed by atoms with Gasteiger partial charge in [-0.05, 0) is 18.2 Å². The highest BCUT2D eigenvalue weighted by molar-refractivity contribution is 9.10. The lowest BCUT2D eigenvalue weighted by molar-refractivity contribution is 0.952. The lowest BCUT2D eigenvalue weighted by Crippen LogP contribution is -1.92. The van der Waals surface area contributed by atoms with E-state index in [9.17, 15) is 0 Å². The number of nitrogen functional groups attached to an aromatic ring is 1. The monoisotopic (exact) mass is 369 g/mol. The van der Waals surface area contributed by atoms with Crippen molar-refractivity contribution < 1.29 is 0 Å². The molecule has 0 saturated heterocycles. The zero-order chi connectivity index (χ0) is 14.1. The average Bonchev–Trinajstić information content (AvgIpc) is 2.98. The fourth-order valence-corrected chi connectivity index (χ4v) is 3.18. The number of H-pyrrole nitrogens is 1. The summed E-state index contributed by atoms with van der Waals surface area (Å²) in [6.07, 6.45) is 0.572. The van der Waals surface area contributed by atoms with Crippen molar-refractivity contribution in [3.05, 3.63) is 44.6 Å². The van der Waals surface area contributed by atoms with Gasteiger partial charge in [-0.3, -0.25) is 5.10 Å². The lowest BCUT2D eigenvalue weighted by Gasteiger charge is -1.98. The Morgan fingerprint density at radius 3 is 2.85 bits per heavy atom. The highest BCUT2D eigenvalue weighted by atomic mass is 79.9. The van der Waals surface area contributed by atoms with Gasteiger partial charge in [0.05, 0.1) is 12.1 Å². The highest BCUT2D eigenvalue weighted by Gasteiger charge is 2.09. The second-order valence-corrected chi connectivity index (χ2v) is 6.36. The predicted molar refractivity (Wildman–Crippen MR) is 83.9 cm³/mol. The Balaban J connectivity index is 1.86. The van der Waals surface area contributed by atoms with Gasteiger partial charge in [0.2, 0.25) is 0 Å². The quantitative estimate of drug-likeness (QED) is 0.739. The van der Waals surface area contributed by atoms with Crippen LogP contribution in [0.15, 0.2) is 28.1 Å². The fraction of sp³-hybridized carbons (Fsp3) is 0.0833. The van der Waals surface area contributed by atoms with Gasteiger partial charge in [0.15, 0.2) is 11.0 Å². The van der Waals surface area contributed by atoms with Crippen LogP contribution in [0.2, 0.25) is 5.02 Å². The molecule has 0 aliphatic carbocycles. The summed E-state index contributed by atoms with van der Waals surface area (Å²) in [5, 5.41) is 10.2. The minimum absolute atomic E-state index is 0.554. The molecule has 102 valence electrons. The summed E-state index contributed by atoms with van der Waals surface area (Å²) in [7, 11) is 0. The van der Waals surface area contributed by atoms with Crippen molar-refractivity contribution in [2.45, 2.75) is 6.42 Å². The van der Waals surface area contributed by atoms with E-state index in [4.69, 9.17) is 17.3 Å². The van der Waals surface area contributed by atoms with E-state index >= 15 is 0 Å². The van der Waals surface area contributed by atoms with Crippen molar-refractivity contribution in [2.24, 2.45) is 0 Å². The Bertz CT molecular complexity index is 734. The third-order valence-corrected chi connectivity index (χ3v) is 3.97. The van der Waals surface area contributed by atoms with Crippen molar-refractivity contribution in [2.75, 3.05) is 5.73 Å². The van der Waals surface area contributed by atoms with Gasteiger partial charge in [-0.1, -0.05) is 27.5 Å². The van der Waals surface area contributed by atoms with Gasteiger partial charge in [-0.15, -0.1) is 11.3 Å². The third-order valence-electron chi connectivity index (χ3n) is 2.57. The summed E-state index contributed by atoms with van der Waals surface area (Å²) >= 11 is 10.8. The van der Waals surface area contributed by atoms with Crippen molar-refractivity contribution in [1.82, 2.24) is 20.2 Å². The van der Waals surface area contributed by atoms with Crippen LogP contribution in [0.4, 0.5) is 5.13 Å². The Hall–Kier alpha value is -1.44. The normalized spacial score (nSPS) is 10.9. The topological polar surface area (TPSA) is 80.5 Å². The molecule has 0 fully saturated rings. The molecule has 0 amide bonds. The molecule has 20 heavy (non-hydrogen) atoms.